The third-order valence-electron chi connectivity index (χ3n) is 7.27. The zero-order valence-electron chi connectivity index (χ0n) is 21.5. The first-order chi connectivity index (χ1) is 18.3. The normalized spacial score (nSPS) is 23.3. The van der Waals surface area contributed by atoms with Gasteiger partial charge < -0.3 is 15.4 Å². The molecule has 1 fully saturated rings. The predicted octanol–water partition coefficient (Wildman–Crippen LogP) is 4.30. The molecule has 1 aliphatic carbocycles. The van der Waals surface area contributed by atoms with Gasteiger partial charge in [-0.2, -0.15) is 0 Å². The summed E-state index contributed by atoms with van der Waals surface area (Å²) in [6.07, 6.45) is 2.83. The molecule has 1 saturated carbocycles. The molecule has 2 atom stereocenters. The first kappa shape index (κ1) is 27.4. The monoisotopic (exact) mass is 526 g/mol. The van der Waals surface area contributed by atoms with E-state index >= 15 is 0 Å². The molecule has 2 aliphatic rings. The van der Waals surface area contributed by atoms with Crippen molar-refractivity contribution in [2.45, 2.75) is 57.2 Å². The molecule has 3 amide bonds. The Morgan fingerprint density at radius 1 is 1.08 bits per heavy atom. The van der Waals surface area contributed by atoms with Gasteiger partial charge >= 0.3 is 12.0 Å². The molecular weight excluding hydrogens is 494 g/mol. The van der Waals surface area contributed by atoms with Gasteiger partial charge in [-0.25, -0.2) is 18.6 Å². The molecule has 0 spiro atoms. The Balaban J connectivity index is 1.46. The summed E-state index contributed by atoms with van der Waals surface area (Å²) >= 11 is 0. The largest absolute Gasteiger partial charge is 0.468 e. The first-order valence-electron chi connectivity index (χ1n) is 12.8. The number of halogens is 2. The smallest absolute Gasteiger partial charge is 0.342 e. The number of hydrogen-bond donors (Lipinski definition) is 2. The molecule has 2 unspecified atom stereocenters. The molecular formula is C28H32F2N4O4. The van der Waals surface area contributed by atoms with Gasteiger partial charge in [0.2, 0.25) is 5.91 Å². The number of anilines is 1. The molecule has 10 heteroatoms. The fourth-order valence-corrected chi connectivity index (χ4v) is 5.29. The Kier molecular flexibility index (Phi) is 8.83. The van der Waals surface area contributed by atoms with Gasteiger partial charge in [0, 0.05) is 36.5 Å². The minimum absolute atomic E-state index is 0.00572. The van der Waals surface area contributed by atoms with E-state index in [-0.39, 0.29) is 23.9 Å². The molecule has 8 nitrogen and oxygen atoms in total. The highest BCUT2D eigenvalue weighted by atomic mass is 19.2. The van der Waals surface area contributed by atoms with Crippen molar-refractivity contribution in [2.75, 3.05) is 18.6 Å². The zero-order valence-corrected chi connectivity index (χ0v) is 21.5. The van der Waals surface area contributed by atoms with E-state index in [4.69, 9.17) is 4.74 Å². The molecule has 2 aromatic carbocycles. The van der Waals surface area contributed by atoms with Crippen LogP contribution in [0.4, 0.5) is 19.3 Å². The number of esters is 1. The molecule has 0 bridgehead atoms. The second-order valence-electron chi connectivity index (χ2n) is 9.67. The Morgan fingerprint density at radius 3 is 2.45 bits per heavy atom. The van der Waals surface area contributed by atoms with E-state index in [9.17, 15) is 23.2 Å². The molecule has 38 heavy (non-hydrogen) atoms. The van der Waals surface area contributed by atoms with E-state index in [2.05, 4.69) is 39.9 Å². The number of benzene rings is 2. The lowest BCUT2D eigenvalue weighted by atomic mass is 9.82. The van der Waals surface area contributed by atoms with Gasteiger partial charge in [-0.3, -0.25) is 14.5 Å². The van der Waals surface area contributed by atoms with E-state index in [0.29, 0.717) is 12.5 Å². The molecule has 1 aliphatic heterocycles. The zero-order chi connectivity index (χ0) is 27.2. The van der Waals surface area contributed by atoms with Gasteiger partial charge in [0.1, 0.15) is 12.1 Å². The number of hydrogen-bond acceptors (Lipinski definition) is 5. The number of methoxy groups -OCH3 is 1. The van der Waals surface area contributed by atoms with Gasteiger partial charge in [-0.1, -0.05) is 30.3 Å². The van der Waals surface area contributed by atoms with Crippen LogP contribution in [0.3, 0.4) is 0 Å². The number of carbonyl (C=O) groups excluding carboxylic acids is 3. The average molecular weight is 527 g/mol. The third kappa shape index (κ3) is 6.24. The second-order valence-corrected chi connectivity index (χ2v) is 9.67. The highest BCUT2D eigenvalue weighted by molar-refractivity contribution is 6.10. The Labute approximate surface area is 220 Å². The number of ether oxygens (including phenoxy) is 1. The van der Waals surface area contributed by atoms with Crippen LogP contribution < -0.4 is 15.5 Å². The first-order valence-corrected chi connectivity index (χ1v) is 12.8. The summed E-state index contributed by atoms with van der Waals surface area (Å²) in [4.78, 5) is 43.2. The number of nitrogens with zero attached hydrogens (tertiary/aromatic N) is 2. The van der Waals surface area contributed by atoms with Crippen molar-refractivity contribution < 1.29 is 27.9 Å². The summed E-state index contributed by atoms with van der Waals surface area (Å²) in [5.74, 6) is -4.02. The minimum Gasteiger partial charge on any atom is -0.468 e. The Bertz CT molecular complexity index is 1200. The van der Waals surface area contributed by atoms with E-state index in [0.717, 1.165) is 42.7 Å². The van der Waals surface area contributed by atoms with Gasteiger partial charge in [0.25, 0.3) is 0 Å². The van der Waals surface area contributed by atoms with Crippen LogP contribution in [-0.4, -0.2) is 49.5 Å². The lowest BCUT2D eigenvalue weighted by Gasteiger charge is -2.38. The fourth-order valence-electron chi connectivity index (χ4n) is 5.29. The van der Waals surface area contributed by atoms with Gasteiger partial charge in [0.05, 0.1) is 7.11 Å². The Morgan fingerprint density at radius 2 is 1.79 bits per heavy atom. The molecule has 1 heterocycles. The maximum atomic E-state index is 14.2. The summed E-state index contributed by atoms with van der Waals surface area (Å²) in [6, 6.07) is 12.9. The lowest BCUT2D eigenvalue weighted by Crippen LogP contribution is -2.61. The minimum atomic E-state index is -1.22. The maximum absolute atomic E-state index is 14.2. The van der Waals surface area contributed by atoms with Crippen LogP contribution in [0.5, 0.6) is 0 Å². The maximum Gasteiger partial charge on any atom is 0.342 e. The summed E-state index contributed by atoms with van der Waals surface area (Å²) < 4.78 is 32.7. The van der Waals surface area contributed by atoms with Crippen molar-refractivity contribution in [3.05, 3.63) is 65.7 Å². The predicted molar refractivity (Wildman–Crippen MR) is 139 cm³/mol. The van der Waals surface area contributed by atoms with Gasteiger partial charge in [-0.05, 0) is 56.2 Å². The van der Waals surface area contributed by atoms with Crippen molar-refractivity contribution in [3.63, 3.8) is 0 Å². The summed E-state index contributed by atoms with van der Waals surface area (Å²) in [6.45, 7) is 1.82. The molecule has 0 radical (unpaired) electrons. The van der Waals surface area contributed by atoms with Crippen LogP contribution >= 0.6 is 0 Å². The van der Waals surface area contributed by atoms with Crippen LogP contribution in [-0.2, 0) is 14.3 Å². The van der Waals surface area contributed by atoms with Crippen LogP contribution in [0, 0.1) is 17.6 Å². The number of amides is 3. The summed E-state index contributed by atoms with van der Waals surface area (Å²) in [7, 11) is 1.18. The van der Waals surface area contributed by atoms with Crippen molar-refractivity contribution in [1.82, 2.24) is 10.6 Å². The van der Waals surface area contributed by atoms with Crippen molar-refractivity contribution in [3.8, 4) is 0 Å². The fraction of sp³-hybridized carbons (Fsp3) is 0.429. The van der Waals surface area contributed by atoms with Crippen LogP contribution in [0.15, 0.2) is 53.5 Å². The molecule has 0 saturated heterocycles. The van der Waals surface area contributed by atoms with Crippen molar-refractivity contribution >= 4 is 29.3 Å². The van der Waals surface area contributed by atoms with Crippen LogP contribution in [0.25, 0.3) is 0 Å². The second kappa shape index (κ2) is 12.3. The number of rotatable bonds is 8. The number of nitrogens with one attached hydrogen (secondary N) is 2. The topological polar surface area (TPSA) is 100 Å². The Hall–Kier alpha value is -3.66. The molecule has 0 aromatic heterocycles. The summed E-state index contributed by atoms with van der Waals surface area (Å²) in [5, 5.41) is 5.96. The van der Waals surface area contributed by atoms with E-state index in [1.54, 1.807) is 0 Å². The van der Waals surface area contributed by atoms with Crippen LogP contribution in [0.2, 0.25) is 0 Å². The molecule has 2 N–H and O–H groups in total. The van der Waals surface area contributed by atoms with Crippen molar-refractivity contribution in [2.24, 2.45) is 10.9 Å². The quantitative estimate of drug-likeness (QED) is 0.500. The van der Waals surface area contributed by atoms with Gasteiger partial charge in [0.15, 0.2) is 11.6 Å². The molecule has 4 rings (SSSR count). The highest BCUT2D eigenvalue weighted by Crippen LogP contribution is 2.33. The van der Waals surface area contributed by atoms with Crippen LogP contribution in [0.1, 0.15) is 50.5 Å². The number of urea groups is 1. The summed E-state index contributed by atoms with van der Waals surface area (Å²) in [5.41, 5.74) is 1.50. The third-order valence-corrected chi connectivity index (χ3v) is 7.27. The highest BCUT2D eigenvalue weighted by Gasteiger charge is 2.42. The van der Waals surface area contributed by atoms with E-state index in [1.807, 2.05) is 6.07 Å². The number of aliphatic imine (C=N–C) groups is 1. The van der Waals surface area contributed by atoms with Gasteiger partial charge in [-0.15, -0.1) is 0 Å². The standard InChI is InChI=1S/C28H32F2N4O4/c1-17-25(27(36)38-2)26(33-28(37)32-17)34(21-12-13-22(29)23(30)16-21)24(35)14-15-31-20-10-8-19(9-11-20)18-6-4-3-5-7-18/h3-7,12-13,16,19-20,25-26,31H,8-11,14-15H2,1-2H3,(H,33,37). The van der Waals surface area contributed by atoms with Crippen molar-refractivity contribution in [1.29, 1.82) is 0 Å². The number of carbonyl (C=O) groups is 3. The molecule has 2 aromatic rings. The lowest BCUT2D eigenvalue weighted by molar-refractivity contribution is -0.143. The molecule has 202 valence electrons. The van der Waals surface area contributed by atoms with E-state index < -0.39 is 41.6 Å². The average Bonchev–Trinajstić information content (AvgIpc) is 2.91. The van der Waals surface area contributed by atoms with E-state index in [1.165, 1.54) is 25.7 Å². The SMILES string of the molecule is COC(=O)C1C(C)=NC(=O)NC1N(C(=O)CCNC1CCC(c2ccccc2)CC1)c1ccc(F)c(F)c1.